The summed E-state index contributed by atoms with van der Waals surface area (Å²) in [4.78, 5) is 23.5. The maximum Gasteiger partial charge on any atom is 0.256 e. The van der Waals surface area contributed by atoms with Crippen molar-refractivity contribution in [3.05, 3.63) is 51.7 Å². The number of anilines is 1. The number of hydrogen-bond acceptors (Lipinski definition) is 3. The minimum Gasteiger partial charge on any atom is -0.355 e. The van der Waals surface area contributed by atoms with Gasteiger partial charge in [-0.1, -0.05) is 6.07 Å². The van der Waals surface area contributed by atoms with Gasteiger partial charge in [-0.25, -0.2) is 0 Å². The van der Waals surface area contributed by atoms with E-state index >= 15 is 0 Å². The molecule has 1 aromatic carbocycles. The van der Waals surface area contributed by atoms with E-state index in [-0.39, 0.29) is 11.8 Å². The number of carbonyl (C=O) groups excluding carboxylic acids is 2. The lowest BCUT2D eigenvalue weighted by molar-refractivity contribution is 0.0961. The van der Waals surface area contributed by atoms with Crippen molar-refractivity contribution in [1.82, 2.24) is 5.32 Å². The van der Waals surface area contributed by atoms with Crippen LogP contribution in [0.4, 0.5) is 5.69 Å². The summed E-state index contributed by atoms with van der Waals surface area (Å²) in [6.45, 7) is 1.89. The first-order valence-corrected chi connectivity index (χ1v) is 6.72. The van der Waals surface area contributed by atoms with Crippen molar-refractivity contribution in [2.75, 3.05) is 12.4 Å². The molecule has 4 nitrogen and oxygen atoms in total. The van der Waals surface area contributed by atoms with Crippen LogP contribution in [-0.2, 0) is 0 Å². The van der Waals surface area contributed by atoms with Crippen molar-refractivity contribution in [2.24, 2.45) is 0 Å². The molecule has 0 aliphatic rings. The van der Waals surface area contributed by atoms with Gasteiger partial charge in [0.1, 0.15) is 0 Å². The maximum absolute atomic E-state index is 12.0. The minimum absolute atomic E-state index is 0.168. The fraction of sp³-hybridized carbons (Fsp3) is 0.143. The number of rotatable bonds is 3. The van der Waals surface area contributed by atoms with Gasteiger partial charge in [-0.15, -0.1) is 0 Å². The molecule has 5 heteroatoms. The molecule has 2 aromatic rings. The summed E-state index contributed by atoms with van der Waals surface area (Å²) in [5.41, 5.74) is 2.71. The molecule has 2 N–H and O–H groups in total. The molecule has 0 aliphatic carbocycles. The first-order valence-electron chi connectivity index (χ1n) is 5.78. The van der Waals surface area contributed by atoms with Gasteiger partial charge in [0.15, 0.2) is 0 Å². The number of carbonyl (C=O) groups is 2. The number of hydrogen-bond donors (Lipinski definition) is 2. The van der Waals surface area contributed by atoms with Gasteiger partial charge in [-0.2, -0.15) is 11.3 Å². The molecule has 0 bridgehead atoms. The zero-order chi connectivity index (χ0) is 13.8. The molecule has 2 amide bonds. The fourth-order valence-electron chi connectivity index (χ4n) is 1.63. The number of benzene rings is 1. The molecule has 0 atom stereocenters. The fourth-order valence-corrected chi connectivity index (χ4v) is 2.27. The average Bonchev–Trinajstić information content (AvgIpc) is 2.94. The highest BCUT2D eigenvalue weighted by Gasteiger charge is 2.10. The lowest BCUT2D eigenvalue weighted by atomic mass is 10.1. The van der Waals surface area contributed by atoms with Crippen LogP contribution in [-0.4, -0.2) is 18.9 Å². The number of nitrogens with one attached hydrogen (secondary N) is 2. The van der Waals surface area contributed by atoms with Gasteiger partial charge in [-0.05, 0) is 36.1 Å². The quantitative estimate of drug-likeness (QED) is 0.904. The van der Waals surface area contributed by atoms with E-state index in [1.54, 1.807) is 30.6 Å². The third-order valence-electron chi connectivity index (χ3n) is 2.76. The SMILES string of the molecule is CNC(=O)c1ccc(C)c(NC(=O)c2ccsc2)c1. The maximum atomic E-state index is 12.0. The van der Waals surface area contributed by atoms with Crippen LogP contribution in [0.1, 0.15) is 26.3 Å². The van der Waals surface area contributed by atoms with E-state index in [0.717, 1.165) is 5.56 Å². The molecule has 0 radical (unpaired) electrons. The number of amides is 2. The van der Waals surface area contributed by atoms with E-state index in [1.165, 1.54) is 11.3 Å². The highest BCUT2D eigenvalue weighted by atomic mass is 32.1. The highest BCUT2D eigenvalue weighted by molar-refractivity contribution is 7.08. The van der Waals surface area contributed by atoms with Gasteiger partial charge >= 0.3 is 0 Å². The Labute approximate surface area is 115 Å². The highest BCUT2D eigenvalue weighted by Crippen LogP contribution is 2.18. The van der Waals surface area contributed by atoms with E-state index in [2.05, 4.69) is 10.6 Å². The third kappa shape index (κ3) is 3.00. The summed E-state index contributed by atoms with van der Waals surface area (Å²) in [6, 6.07) is 6.98. The molecule has 1 aromatic heterocycles. The summed E-state index contributed by atoms with van der Waals surface area (Å²) in [5, 5.41) is 9.01. The monoisotopic (exact) mass is 274 g/mol. The van der Waals surface area contributed by atoms with E-state index in [0.29, 0.717) is 16.8 Å². The van der Waals surface area contributed by atoms with Crippen LogP contribution in [0.2, 0.25) is 0 Å². The second kappa shape index (κ2) is 5.67. The Morgan fingerprint density at radius 2 is 1.89 bits per heavy atom. The molecular formula is C14H14N2O2S. The van der Waals surface area contributed by atoms with Crippen molar-refractivity contribution < 1.29 is 9.59 Å². The Kier molecular flexibility index (Phi) is 3.97. The van der Waals surface area contributed by atoms with Gasteiger partial charge < -0.3 is 10.6 Å². The second-order valence-corrected chi connectivity index (χ2v) is 4.86. The van der Waals surface area contributed by atoms with E-state index in [9.17, 15) is 9.59 Å². The van der Waals surface area contributed by atoms with Crippen LogP contribution in [0.15, 0.2) is 35.0 Å². The topological polar surface area (TPSA) is 58.2 Å². The Morgan fingerprint density at radius 3 is 2.53 bits per heavy atom. The van der Waals surface area contributed by atoms with Crippen LogP contribution in [0, 0.1) is 6.92 Å². The van der Waals surface area contributed by atoms with Crippen LogP contribution < -0.4 is 10.6 Å². The Balaban J connectivity index is 2.24. The summed E-state index contributed by atoms with van der Waals surface area (Å²) in [5.74, 6) is -0.343. The molecule has 0 aliphatic heterocycles. The van der Waals surface area contributed by atoms with Crippen molar-refractivity contribution in [3.63, 3.8) is 0 Å². The zero-order valence-electron chi connectivity index (χ0n) is 10.7. The van der Waals surface area contributed by atoms with Gasteiger partial charge in [0.05, 0.1) is 5.56 Å². The molecule has 1 heterocycles. The summed E-state index contributed by atoms with van der Waals surface area (Å²) in [7, 11) is 1.58. The Morgan fingerprint density at radius 1 is 1.11 bits per heavy atom. The van der Waals surface area contributed by atoms with Gasteiger partial charge in [-0.3, -0.25) is 9.59 Å². The molecular weight excluding hydrogens is 260 g/mol. The standard InChI is InChI=1S/C14H14N2O2S/c1-9-3-4-10(13(17)15-2)7-12(9)16-14(18)11-5-6-19-8-11/h3-8H,1-2H3,(H,15,17)(H,16,18). The minimum atomic E-state index is -0.175. The zero-order valence-corrected chi connectivity index (χ0v) is 11.5. The van der Waals surface area contributed by atoms with Crippen LogP contribution in [0.5, 0.6) is 0 Å². The number of thiophene rings is 1. The molecule has 19 heavy (non-hydrogen) atoms. The molecule has 0 saturated carbocycles. The van der Waals surface area contributed by atoms with E-state index in [1.807, 2.05) is 18.4 Å². The molecule has 98 valence electrons. The lowest BCUT2D eigenvalue weighted by Gasteiger charge is -2.09. The van der Waals surface area contributed by atoms with Crippen LogP contribution >= 0.6 is 11.3 Å². The predicted molar refractivity (Wildman–Crippen MR) is 76.8 cm³/mol. The van der Waals surface area contributed by atoms with Gasteiger partial charge in [0.25, 0.3) is 11.8 Å². The lowest BCUT2D eigenvalue weighted by Crippen LogP contribution is -2.18. The largest absolute Gasteiger partial charge is 0.355 e. The molecule has 0 saturated heterocycles. The summed E-state index contributed by atoms with van der Waals surface area (Å²) < 4.78 is 0. The molecule has 0 fully saturated rings. The van der Waals surface area contributed by atoms with E-state index in [4.69, 9.17) is 0 Å². The van der Waals surface area contributed by atoms with Crippen LogP contribution in [0.3, 0.4) is 0 Å². The smallest absolute Gasteiger partial charge is 0.256 e. The molecule has 2 rings (SSSR count). The Hall–Kier alpha value is -2.14. The average molecular weight is 274 g/mol. The molecule has 0 spiro atoms. The van der Waals surface area contributed by atoms with Gasteiger partial charge in [0, 0.05) is 23.7 Å². The summed E-state index contributed by atoms with van der Waals surface area (Å²) >= 11 is 1.47. The third-order valence-corrected chi connectivity index (χ3v) is 3.44. The van der Waals surface area contributed by atoms with Crippen molar-refractivity contribution in [3.8, 4) is 0 Å². The van der Waals surface area contributed by atoms with Crippen molar-refractivity contribution in [1.29, 1.82) is 0 Å². The van der Waals surface area contributed by atoms with Crippen LogP contribution in [0.25, 0.3) is 0 Å². The van der Waals surface area contributed by atoms with Crippen molar-refractivity contribution in [2.45, 2.75) is 6.92 Å². The second-order valence-electron chi connectivity index (χ2n) is 4.07. The Bertz CT molecular complexity index is 606. The summed E-state index contributed by atoms with van der Waals surface area (Å²) in [6.07, 6.45) is 0. The first-order chi connectivity index (χ1) is 9.11. The molecule has 0 unspecified atom stereocenters. The van der Waals surface area contributed by atoms with E-state index < -0.39 is 0 Å². The van der Waals surface area contributed by atoms with Gasteiger partial charge in [0.2, 0.25) is 0 Å². The normalized spacial score (nSPS) is 10.0. The first kappa shape index (κ1) is 13.3. The number of aryl methyl sites for hydroxylation is 1. The predicted octanol–water partition coefficient (Wildman–Crippen LogP) is 2.67. The van der Waals surface area contributed by atoms with Crippen molar-refractivity contribution >= 4 is 28.8 Å².